The van der Waals surface area contributed by atoms with Crippen LogP contribution in [0.5, 0.6) is 0 Å². The minimum absolute atomic E-state index is 0.599. The number of aryl methyl sites for hydroxylation is 2. The lowest BCUT2D eigenvalue weighted by Gasteiger charge is -2.08. The maximum Gasteiger partial charge on any atom is 0.165 e. The van der Waals surface area contributed by atoms with Gasteiger partial charge in [-0.1, -0.05) is 43.1 Å². The molecule has 21 heavy (non-hydrogen) atoms. The van der Waals surface area contributed by atoms with Crippen molar-refractivity contribution in [3.05, 3.63) is 39.6 Å². The van der Waals surface area contributed by atoms with Gasteiger partial charge in [0.25, 0.3) is 0 Å². The van der Waals surface area contributed by atoms with Gasteiger partial charge in [-0.2, -0.15) is 0 Å². The van der Waals surface area contributed by atoms with Crippen molar-refractivity contribution in [2.75, 3.05) is 6.54 Å². The van der Waals surface area contributed by atoms with E-state index in [2.05, 4.69) is 34.7 Å². The molecule has 1 aromatic carbocycles. The molecule has 0 aliphatic carbocycles. The van der Waals surface area contributed by atoms with E-state index in [1.54, 1.807) is 10.7 Å². The fraction of sp³-hybridized carbons (Fsp3) is 0.500. The number of nitrogens with one attached hydrogen (secondary N) is 1. The van der Waals surface area contributed by atoms with Crippen molar-refractivity contribution in [2.24, 2.45) is 5.92 Å². The molecule has 0 aliphatic heterocycles. The summed E-state index contributed by atoms with van der Waals surface area (Å²) in [6, 6.07) is 5.53. The van der Waals surface area contributed by atoms with Crippen LogP contribution >= 0.6 is 23.2 Å². The van der Waals surface area contributed by atoms with Crippen molar-refractivity contribution < 1.29 is 0 Å². The molecule has 0 aliphatic rings. The van der Waals surface area contributed by atoms with E-state index in [-0.39, 0.29) is 0 Å². The molecule has 5 nitrogen and oxygen atoms in total. The van der Waals surface area contributed by atoms with Crippen LogP contribution in [-0.2, 0) is 19.5 Å². The largest absolute Gasteiger partial charge is 0.310 e. The van der Waals surface area contributed by atoms with E-state index in [1.807, 2.05) is 12.1 Å². The highest BCUT2D eigenvalue weighted by Crippen LogP contribution is 2.21. The van der Waals surface area contributed by atoms with Crippen LogP contribution in [0.15, 0.2) is 18.2 Å². The Labute approximate surface area is 134 Å². The maximum atomic E-state index is 6.17. The molecule has 0 bridgehead atoms. The Kier molecular flexibility index (Phi) is 5.96. The highest BCUT2D eigenvalue weighted by Gasteiger charge is 2.08. The number of nitrogens with zero attached hydrogens (tertiary/aromatic N) is 4. The predicted octanol–water partition coefficient (Wildman–Crippen LogP) is 2.97. The Hall–Kier alpha value is -1.17. The number of benzene rings is 1. The molecule has 0 radical (unpaired) electrons. The monoisotopic (exact) mass is 327 g/mol. The third kappa shape index (κ3) is 4.95. The molecule has 7 heteroatoms. The van der Waals surface area contributed by atoms with E-state index in [0.29, 0.717) is 29.1 Å². The van der Waals surface area contributed by atoms with Gasteiger partial charge in [-0.3, -0.25) is 0 Å². The summed E-state index contributed by atoms with van der Waals surface area (Å²) in [7, 11) is 0. The van der Waals surface area contributed by atoms with Crippen molar-refractivity contribution >= 4 is 23.2 Å². The van der Waals surface area contributed by atoms with Gasteiger partial charge in [-0.25, -0.2) is 4.68 Å². The highest BCUT2D eigenvalue weighted by molar-refractivity contribution is 6.35. The lowest BCUT2D eigenvalue weighted by atomic mass is 10.1. The van der Waals surface area contributed by atoms with Crippen molar-refractivity contribution in [3.8, 4) is 0 Å². The lowest BCUT2D eigenvalue weighted by molar-refractivity contribution is 0.509. The third-order valence-corrected chi connectivity index (χ3v) is 3.64. The predicted molar refractivity (Wildman–Crippen MR) is 84.5 cm³/mol. The Morgan fingerprint density at radius 3 is 2.81 bits per heavy atom. The molecule has 0 unspecified atom stereocenters. The van der Waals surface area contributed by atoms with Gasteiger partial charge in [0.2, 0.25) is 0 Å². The van der Waals surface area contributed by atoms with E-state index in [1.165, 1.54) is 0 Å². The van der Waals surface area contributed by atoms with Gasteiger partial charge in [0.05, 0.1) is 6.54 Å². The topological polar surface area (TPSA) is 55.6 Å². The minimum atomic E-state index is 0.599. The molecule has 0 saturated carbocycles. The van der Waals surface area contributed by atoms with Crippen LogP contribution in [0.2, 0.25) is 10.0 Å². The SMILES string of the molecule is CC(C)CNCc1nnnn1CCc1ccc(Cl)cc1Cl. The first-order valence-corrected chi connectivity index (χ1v) is 7.71. The number of rotatable bonds is 7. The van der Waals surface area contributed by atoms with Crippen LogP contribution in [0.1, 0.15) is 25.2 Å². The Morgan fingerprint density at radius 1 is 1.29 bits per heavy atom. The van der Waals surface area contributed by atoms with E-state index in [4.69, 9.17) is 23.2 Å². The van der Waals surface area contributed by atoms with Crippen LogP contribution in [-0.4, -0.2) is 26.8 Å². The molecule has 1 heterocycles. The molecule has 0 fully saturated rings. The molecule has 114 valence electrons. The van der Waals surface area contributed by atoms with Gasteiger partial charge in [0.1, 0.15) is 0 Å². The zero-order valence-corrected chi connectivity index (χ0v) is 13.7. The molecular formula is C14H19Cl2N5. The van der Waals surface area contributed by atoms with Gasteiger partial charge in [-0.05, 0) is 47.0 Å². The molecular weight excluding hydrogens is 309 g/mol. The van der Waals surface area contributed by atoms with Crippen LogP contribution < -0.4 is 5.32 Å². The number of halogens is 2. The first kappa shape index (κ1) is 16.2. The van der Waals surface area contributed by atoms with E-state index in [9.17, 15) is 0 Å². The van der Waals surface area contributed by atoms with Crippen molar-refractivity contribution in [1.82, 2.24) is 25.5 Å². The average Bonchev–Trinajstić information content (AvgIpc) is 2.85. The summed E-state index contributed by atoms with van der Waals surface area (Å²) in [6.45, 7) is 6.62. The fourth-order valence-electron chi connectivity index (χ4n) is 1.95. The van der Waals surface area contributed by atoms with Gasteiger partial charge in [-0.15, -0.1) is 5.10 Å². The van der Waals surface area contributed by atoms with Crippen LogP contribution in [0, 0.1) is 5.92 Å². The Morgan fingerprint density at radius 2 is 2.10 bits per heavy atom. The second-order valence-electron chi connectivity index (χ2n) is 5.33. The van der Waals surface area contributed by atoms with Crippen molar-refractivity contribution in [2.45, 2.75) is 33.4 Å². The molecule has 0 spiro atoms. The van der Waals surface area contributed by atoms with E-state index >= 15 is 0 Å². The molecule has 2 aromatic rings. The molecule has 1 aromatic heterocycles. The van der Waals surface area contributed by atoms with Crippen LogP contribution in [0.3, 0.4) is 0 Å². The first-order valence-electron chi connectivity index (χ1n) is 6.96. The average molecular weight is 328 g/mol. The van der Waals surface area contributed by atoms with E-state index in [0.717, 1.165) is 24.4 Å². The highest BCUT2D eigenvalue weighted by atomic mass is 35.5. The molecule has 0 atom stereocenters. The first-order chi connectivity index (χ1) is 10.1. The maximum absolute atomic E-state index is 6.17. The van der Waals surface area contributed by atoms with Crippen LogP contribution in [0.25, 0.3) is 0 Å². The summed E-state index contributed by atoms with van der Waals surface area (Å²) < 4.78 is 1.80. The molecule has 1 N–H and O–H groups in total. The summed E-state index contributed by atoms with van der Waals surface area (Å²) >= 11 is 12.1. The standard InChI is InChI=1S/C14H19Cl2N5/c1-10(2)8-17-9-14-18-19-20-21(14)6-5-11-3-4-12(15)7-13(11)16/h3-4,7,10,17H,5-6,8-9H2,1-2H3. The zero-order chi connectivity index (χ0) is 15.2. The number of hydrogen-bond donors (Lipinski definition) is 1. The summed E-state index contributed by atoms with van der Waals surface area (Å²) in [5, 5.41) is 16.5. The number of aromatic nitrogens is 4. The van der Waals surface area contributed by atoms with Gasteiger partial charge < -0.3 is 5.32 Å². The minimum Gasteiger partial charge on any atom is -0.310 e. The summed E-state index contributed by atoms with van der Waals surface area (Å²) in [6.07, 6.45) is 0.762. The third-order valence-electron chi connectivity index (χ3n) is 3.05. The second-order valence-corrected chi connectivity index (χ2v) is 6.17. The summed E-state index contributed by atoms with van der Waals surface area (Å²) in [5.41, 5.74) is 1.04. The van der Waals surface area contributed by atoms with E-state index < -0.39 is 0 Å². The normalized spacial score (nSPS) is 11.3. The van der Waals surface area contributed by atoms with Gasteiger partial charge in [0, 0.05) is 16.6 Å². The quantitative estimate of drug-likeness (QED) is 0.849. The molecule has 0 amide bonds. The smallest absolute Gasteiger partial charge is 0.165 e. The Balaban J connectivity index is 1.92. The fourth-order valence-corrected chi connectivity index (χ4v) is 2.45. The zero-order valence-electron chi connectivity index (χ0n) is 12.2. The van der Waals surface area contributed by atoms with Crippen molar-refractivity contribution in [3.63, 3.8) is 0 Å². The number of tetrazole rings is 1. The summed E-state index contributed by atoms with van der Waals surface area (Å²) in [5.74, 6) is 1.43. The Bertz CT molecular complexity index is 582. The molecule has 0 saturated heterocycles. The lowest BCUT2D eigenvalue weighted by Crippen LogP contribution is -2.22. The van der Waals surface area contributed by atoms with Crippen molar-refractivity contribution in [1.29, 1.82) is 0 Å². The van der Waals surface area contributed by atoms with Crippen LogP contribution in [0.4, 0.5) is 0 Å². The summed E-state index contributed by atoms with van der Waals surface area (Å²) in [4.78, 5) is 0. The second kappa shape index (κ2) is 7.73. The van der Waals surface area contributed by atoms with Gasteiger partial charge >= 0.3 is 0 Å². The van der Waals surface area contributed by atoms with Gasteiger partial charge in [0.15, 0.2) is 5.82 Å². The molecule has 2 rings (SSSR count). The number of hydrogen-bond acceptors (Lipinski definition) is 4.